The molecule has 0 N–H and O–H groups in total. The lowest BCUT2D eigenvalue weighted by atomic mass is 9.85. The Morgan fingerprint density at radius 2 is 1.75 bits per heavy atom. The number of rotatable bonds is 2. The zero-order valence-corrected chi connectivity index (χ0v) is 12.1. The van der Waals surface area contributed by atoms with E-state index in [2.05, 4.69) is 9.97 Å². The second kappa shape index (κ2) is 4.43. The van der Waals surface area contributed by atoms with Gasteiger partial charge in [-0.25, -0.2) is 0 Å². The van der Waals surface area contributed by atoms with Crippen LogP contribution in [0.15, 0.2) is 35.4 Å². The van der Waals surface area contributed by atoms with Crippen molar-refractivity contribution in [1.29, 1.82) is 0 Å². The van der Waals surface area contributed by atoms with Crippen molar-refractivity contribution < 1.29 is 13.7 Å². The van der Waals surface area contributed by atoms with Gasteiger partial charge in [0.15, 0.2) is 0 Å². The molecule has 0 unspecified atom stereocenters. The van der Waals surface area contributed by atoms with Crippen LogP contribution in [-0.2, 0) is 9.31 Å². The first-order valence-corrected chi connectivity index (χ1v) is 6.59. The van der Waals surface area contributed by atoms with Gasteiger partial charge in [-0.1, -0.05) is 0 Å². The highest BCUT2D eigenvalue weighted by Gasteiger charge is 2.52. The molecule has 0 radical (unpaired) electrons. The molecule has 104 valence electrons. The molecule has 6 heteroatoms. The summed E-state index contributed by atoms with van der Waals surface area (Å²) >= 11 is 0. The Bertz CT molecular complexity index is 595. The molecule has 1 aliphatic heterocycles. The second-order valence-electron chi connectivity index (χ2n) is 5.93. The minimum absolute atomic E-state index is 0.384. The highest BCUT2D eigenvalue weighted by Crippen LogP contribution is 2.36. The van der Waals surface area contributed by atoms with E-state index in [1.807, 2.05) is 33.8 Å². The fraction of sp³-hybridized carbons (Fsp3) is 0.429. The summed E-state index contributed by atoms with van der Waals surface area (Å²) in [5, 5.41) is 0. The van der Waals surface area contributed by atoms with Crippen LogP contribution in [0.5, 0.6) is 0 Å². The third kappa shape index (κ3) is 2.15. The summed E-state index contributed by atoms with van der Waals surface area (Å²) in [6.07, 6.45) is 6.61. The average molecular weight is 272 g/mol. The SMILES string of the molecule is CC1(C)OB(c2cncc(-c3ccoc3)n2)OC1(C)C. The van der Waals surface area contributed by atoms with Crippen LogP contribution >= 0.6 is 0 Å². The molecule has 1 fully saturated rings. The molecule has 1 saturated heterocycles. The summed E-state index contributed by atoms with van der Waals surface area (Å²) in [6.45, 7) is 8.06. The molecule has 20 heavy (non-hydrogen) atoms. The molecule has 0 spiro atoms. The Hall–Kier alpha value is -1.66. The third-order valence-corrected chi connectivity index (χ3v) is 3.96. The summed E-state index contributed by atoms with van der Waals surface area (Å²) in [4.78, 5) is 8.77. The van der Waals surface area contributed by atoms with Crippen molar-refractivity contribution >= 4 is 12.7 Å². The predicted molar refractivity (Wildman–Crippen MR) is 75.5 cm³/mol. The van der Waals surface area contributed by atoms with Crippen LogP contribution < -0.4 is 5.59 Å². The Labute approximate surface area is 118 Å². The molecule has 0 aliphatic carbocycles. The maximum Gasteiger partial charge on any atom is 0.516 e. The van der Waals surface area contributed by atoms with E-state index in [1.54, 1.807) is 24.9 Å². The van der Waals surface area contributed by atoms with Crippen LogP contribution in [0.3, 0.4) is 0 Å². The lowest BCUT2D eigenvalue weighted by Gasteiger charge is -2.32. The highest BCUT2D eigenvalue weighted by atomic mass is 16.7. The Morgan fingerprint density at radius 1 is 1.05 bits per heavy atom. The minimum atomic E-state index is -0.501. The normalized spacial score (nSPS) is 20.3. The second-order valence-corrected chi connectivity index (χ2v) is 5.93. The summed E-state index contributed by atoms with van der Waals surface area (Å²) in [6, 6.07) is 1.85. The van der Waals surface area contributed by atoms with E-state index < -0.39 is 7.12 Å². The molecular formula is C14H17BN2O3. The van der Waals surface area contributed by atoms with E-state index in [0.29, 0.717) is 5.59 Å². The van der Waals surface area contributed by atoms with Gasteiger partial charge in [0.1, 0.15) is 0 Å². The summed E-state index contributed by atoms with van der Waals surface area (Å²) in [5.74, 6) is 0. The number of nitrogens with zero attached hydrogens (tertiary/aromatic N) is 2. The van der Waals surface area contributed by atoms with E-state index in [-0.39, 0.29) is 11.2 Å². The summed E-state index contributed by atoms with van der Waals surface area (Å²) in [5.41, 5.74) is 1.53. The van der Waals surface area contributed by atoms with E-state index in [4.69, 9.17) is 13.7 Å². The zero-order chi connectivity index (χ0) is 14.4. The first-order valence-electron chi connectivity index (χ1n) is 6.59. The molecule has 3 heterocycles. The quantitative estimate of drug-likeness (QED) is 0.783. The first-order chi connectivity index (χ1) is 9.39. The van der Waals surface area contributed by atoms with Gasteiger partial charge in [-0.05, 0) is 33.8 Å². The standard InChI is InChI=1S/C14H17BN2O3/c1-13(2)14(3,4)20-15(19-13)12-8-16-7-11(17-12)10-5-6-18-9-10/h5-9H,1-4H3. The van der Waals surface area contributed by atoms with Crippen molar-refractivity contribution in [3.05, 3.63) is 31.0 Å². The smallest absolute Gasteiger partial charge is 0.472 e. The highest BCUT2D eigenvalue weighted by molar-refractivity contribution is 6.61. The summed E-state index contributed by atoms with van der Waals surface area (Å²) < 4.78 is 17.0. The fourth-order valence-corrected chi connectivity index (χ4v) is 2.01. The molecule has 3 rings (SSSR count). The largest absolute Gasteiger partial charge is 0.516 e. The van der Waals surface area contributed by atoms with Gasteiger partial charge in [0.05, 0.1) is 41.2 Å². The van der Waals surface area contributed by atoms with Crippen molar-refractivity contribution in [2.75, 3.05) is 0 Å². The number of hydrogen-bond acceptors (Lipinski definition) is 5. The van der Waals surface area contributed by atoms with Crippen LogP contribution in [0.25, 0.3) is 11.3 Å². The van der Waals surface area contributed by atoms with Crippen molar-refractivity contribution in [2.45, 2.75) is 38.9 Å². The van der Waals surface area contributed by atoms with Gasteiger partial charge < -0.3 is 13.7 Å². The molecule has 0 amide bonds. The van der Waals surface area contributed by atoms with E-state index in [9.17, 15) is 0 Å². The molecule has 0 saturated carbocycles. The lowest BCUT2D eigenvalue weighted by Crippen LogP contribution is -2.41. The Balaban J connectivity index is 1.91. The van der Waals surface area contributed by atoms with Gasteiger partial charge in [0.2, 0.25) is 0 Å². The van der Waals surface area contributed by atoms with E-state index in [1.165, 1.54) is 0 Å². The molecular weight excluding hydrogens is 255 g/mol. The van der Waals surface area contributed by atoms with Crippen LogP contribution in [0, 0.1) is 0 Å². The molecule has 0 bridgehead atoms. The van der Waals surface area contributed by atoms with Gasteiger partial charge in [-0.3, -0.25) is 9.97 Å². The van der Waals surface area contributed by atoms with Gasteiger partial charge in [0.25, 0.3) is 0 Å². The lowest BCUT2D eigenvalue weighted by molar-refractivity contribution is 0.00578. The maximum atomic E-state index is 5.97. The van der Waals surface area contributed by atoms with Crippen molar-refractivity contribution in [2.24, 2.45) is 0 Å². The van der Waals surface area contributed by atoms with Gasteiger partial charge in [0, 0.05) is 11.8 Å². The molecule has 2 aromatic heterocycles. The van der Waals surface area contributed by atoms with Crippen LogP contribution in [0.1, 0.15) is 27.7 Å². The van der Waals surface area contributed by atoms with Gasteiger partial charge in [-0.2, -0.15) is 0 Å². The van der Waals surface area contributed by atoms with E-state index in [0.717, 1.165) is 11.3 Å². The third-order valence-electron chi connectivity index (χ3n) is 3.96. The zero-order valence-electron chi connectivity index (χ0n) is 12.1. The topological polar surface area (TPSA) is 57.4 Å². The van der Waals surface area contributed by atoms with Gasteiger partial charge >= 0.3 is 7.12 Å². The number of furan rings is 1. The van der Waals surface area contributed by atoms with E-state index >= 15 is 0 Å². The predicted octanol–water partition coefficient (Wildman–Crippen LogP) is 2.04. The molecule has 2 aromatic rings. The van der Waals surface area contributed by atoms with Gasteiger partial charge in [-0.15, -0.1) is 0 Å². The summed E-state index contributed by atoms with van der Waals surface area (Å²) in [7, 11) is -0.501. The maximum absolute atomic E-state index is 5.97. The molecule has 1 aliphatic rings. The number of hydrogen-bond donors (Lipinski definition) is 0. The van der Waals surface area contributed by atoms with Crippen LogP contribution in [0.4, 0.5) is 0 Å². The fourth-order valence-electron chi connectivity index (χ4n) is 2.01. The molecule has 5 nitrogen and oxygen atoms in total. The van der Waals surface area contributed by atoms with Crippen molar-refractivity contribution in [1.82, 2.24) is 9.97 Å². The first kappa shape index (κ1) is 13.3. The molecule has 0 aromatic carbocycles. The van der Waals surface area contributed by atoms with Crippen molar-refractivity contribution in [3.8, 4) is 11.3 Å². The van der Waals surface area contributed by atoms with Crippen molar-refractivity contribution in [3.63, 3.8) is 0 Å². The number of aromatic nitrogens is 2. The average Bonchev–Trinajstić information content (AvgIpc) is 2.97. The Kier molecular flexibility index (Phi) is 2.95. The van der Waals surface area contributed by atoms with Crippen LogP contribution in [-0.4, -0.2) is 28.3 Å². The molecule has 0 atom stereocenters. The van der Waals surface area contributed by atoms with Crippen LogP contribution in [0.2, 0.25) is 0 Å². The Morgan fingerprint density at radius 3 is 2.35 bits per heavy atom. The monoisotopic (exact) mass is 272 g/mol. The minimum Gasteiger partial charge on any atom is -0.472 e.